The zero-order chi connectivity index (χ0) is 21.5. The Balaban J connectivity index is 1.33. The van der Waals surface area contributed by atoms with Crippen molar-refractivity contribution in [1.29, 1.82) is 0 Å². The predicted molar refractivity (Wildman–Crippen MR) is 120 cm³/mol. The molecule has 31 heavy (non-hydrogen) atoms. The molecule has 8 heteroatoms. The predicted octanol–water partition coefficient (Wildman–Crippen LogP) is 3.21. The van der Waals surface area contributed by atoms with Crippen molar-refractivity contribution in [3.63, 3.8) is 0 Å². The van der Waals surface area contributed by atoms with E-state index in [2.05, 4.69) is 44.9 Å². The molecule has 1 amide bonds. The molecule has 2 saturated heterocycles. The summed E-state index contributed by atoms with van der Waals surface area (Å²) in [6, 6.07) is 12.3. The first-order valence-electron chi connectivity index (χ1n) is 10.7. The summed E-state index contributed by atoms with van der Waals surface area (Å²) in [5, 5.41) is 10.5. The first-order chi connectivity index (χ1) is 15.0. The highest BCUT2D eigenvalue weighted by atomic mass is 16.4. The van der Waals surface area contributed by atoms with Gasteiger partial charge in [-0.05, 0) is 31.5 Å². The smallest absolute Gasteiger partial charge is 0.407 e. The van der Waals surface area contributed by atoms with Gasteiger partial charge in [0.25, 0.3) is 0 Å². The molecule has 1 N–H and O–H groups in total. The molecule has 1 aromatic carbocycles. The van der Waals surface area contributed by atoms with Crippen LogP contribution in [0.4, 0.5) is 16.4 Å². The summed E-state index contributed by atoms with van der Waals surface area (Å²) in [7, 11) is 1.64. The van der Waals surface area contributed by atoms with E-state index in [1.54, 1.807) is 19.4 Å². The van der Waals surface area contributed by atoms with Gasteiger partial charge in [0.15, 0.2) is 5.82 Å². The molecule has 0 bridgehead atoms. The van der Waals surface area contributed by atoms with Crippen molar-refractivity contribution in [1.82, 2.24) is 19.9 Å². The number of fused-ring (bicyclic) bond motifs is 1. The highest BCUT2D eigenvalue weighted by Gasteiger charge is 2.39. The van der Waals surface area contributed by atoms with Gasteiger partial charge in [0.1, 0.15) is 5.82 Å². The summed E-state index contributed by atoms with van der Waals surface area (Å²) in [5.41, 5.74) is 1.99. The van der Waals surface area contributed by atoms with Crippen LogP contribution in [0.25, 0.3) is 10.9 Å². The fourth-order valence-corrected chi connectivity index (χ4v) is 4.80. The van der Waals surface area contributed by atoms with E-state index in [9.17, 15) is 9.90 Å². The molecule has 0 spiro atoms. The number of nitrogens with zero attached hydrogens (tertiary/aromatic N) is 6. The lowest BCUT2D eigenvalue weighted by molar-refractivity contribution is 0.136. The number of carbonyl (C=O) groups is 1. The number of pyridine rings is 1. The summed E-state index contributed by atoms with van der Waals surface area (Å²) < 4.78 is 0. The molecule has 0 radical (unpaired) electrons. The van der Waals surface area contributed by atoms with Crippen molar-refractivity contribution in [2.45, 2.75) is 31.3 Å². The van der Waals surface area contributed by atoms with Gasteiger partial charge in [-0.3, -0.25) is 4.98 Å². The summed E-state index contributed by atoms with van der Waals surface area (Å²) in [6.07, 6.45) is 3.37. The quantitative estimate of drug-likeness (QED) is 0.696. The number of carboxylic acid groups (broad SMARTS) is 1. The summed E-state index contributed by atoms with van der Waals surface area (Å²) in [6.45, 7) is 4.54. The van der Waals surface area contributed by atoms with Crippen LogP contribution in [-0.2, 0) is 0 Å². The molecule has 2 aromatic heterocycles. The van der Waals surface area contributed by atoms with E-state index in [0.717, 1.165) is 54.3 Å². The lowest BCUT2D eigenvalue weighted by Crippen LogP contribution is -2.47. The van der Waals surface area contributed by atoms with Gasteiger partial charge < -0.3 is 19.8 Å². The molecular formula is C23H26N6O2. The number of hydrogen-bond donors (Lipinski definition) is 1. The molecule has 2 aliphatic rings. The standard InChI is InChI=1S/C23H26N6O2/c1-15-19(27(2)23(30)31)9-12-29(15)22-21(24-10-11-25-22)17-13-28(14-17)20-8-7-16-5-3-4-6-18(16)26-20/h3-8,10-11,15,17,19H,9,12-14H2,1-2H3,(H,30,31). The van der Waals surface area contributed by atoms with Crippen molar-refractivity contribution >= 4 is 28.6 Å². The van der Waals surface area contributed by atoms with Crippen LogP contribution in [0.5, 0.6) is 0 Å². The Bertz CT molecular complexity index is 1120. The third-order valence-corrected chi connectivity index (χ3v) is 6.67. The van der Waals surface area contributed by atoms with E-state index in [-0.39, 0.29) is 18.0 Å². The van der Waals surface area contributed by atoms with Gasteiger partial charge in [0.05, 0.1) is 17.3 Å². The molecule has 2 aliphatic heterocycles. The number of anilines is 2. The molecule has 160 valence electrons. The zero-order valence-corrected chi connectivity index (χ0v) is 17.7. The first-order valence-corrected chi connectivity index (χ1v) is 10.7. The Kier molecular flexibility index (Phi) is 4.84. The summed E-state index contributed by atoms with van der Waals surface area (Å²) >= 11 is 0. The third kappa shape index (κ3) is 3.41. The molecular weight excluding hydrogens is 392 g/mol. The van der Waals surface area contributed by atoms with E-state index in [1.807, 2.05) is 18.2 Å². The van der Waals surface area contributed by atoms with Crippen LogP contribution in [0.1, 0.15) is 25.0 Å². The molecule has 2 atom stereocenters. The number of benzene rings is 1. The van der Waals surface area contributed by atoms with Crippen LogP contribution in [0, 0.1) is 0 Å². The molecule has 0 aliphatic carbocycles. The maximum absolute atomic E-state index is 11.4. The minimum Gasteiger partial charge on any atom is -0.465 e. The first kappa shape index (κ1) is 19.5. The number of para-hydroxylation sites is 1. The number of aromatic nitrogens is 3. The molecule has 8 nitrogen and oxygen atoms in total. The third-order valence-electron chi connectivity index (χ3n) is 6.67. The summed E-state index contributed by atoms with van der Waals surface area (Å²) in [4.78, 5) is 31.5. The van der Waals surface area contributed by atoms with E-state index in [0.29, 0.717) is 0 Å². The Labute approximate surface area is 181 Å². The Morgan fingerprint density at radius 1 is 1.13 bits per heavy atom. The molecule has 0 saturated carbocycles. The topological polar surface area (TPSA) is 85.7 Å². The lowest BCUT2D eigenvalue weighted by Gasteiger charge is -2.41. The second-order valence-corrected chi connectivity index (χ2v) is 8.41. The van der Waals surface area contributed by atoms with Gasteiger partial charge in [-0.25, -0.2) is 14.8 Å². The second kappa shape index (κ2) is 7.68. The van der Waals surface area contributed by atoms with Crippen molar-refractivity contribution in [3.05, 3.63) is 54.5 Å². The fourth-order valence-electron chi connectivity index (χ4n) is 4.80. The summed E-state index contributed by atoms with van der Waals surface area (Å²) in [5.74, 6) is 2.14. The second-order valence-electron chi connectivity index (χ2n) is 8.41. The van der Waals surface area contributed by atoms with Gasteiger partial charge in [-0.2, -0.15) is 0 Å². The van der Waals surface area contributed by atoms with Crippen LogP contribution >= 0.6 is 0 Å². The lowest BCUT2D eigenvalue weighted by atomic mass is 9.95. The van der Waals surface area contributed by atoms with E-state index < -0.39 is 6.09 Å². The Morgan fingerprint density at radius 3 is 2.71 bits per heavy atom. The van der Waals surface area contributed by atoms with Crippen LogP contribution in [0.3, 0.4) is 0 Å². The van der Waals surface area contributed by atoms with Crippen molar-refractivity contribution < 1.29 is 9.90 Å². The van der Waals surface area contributed by atoms with Gasteiger partial charge in [-0.1, -0.05) is 18.2 Å². The van der Waals surface area contributed by atoms with E-state index >= 15 is 0 Å². The van der Waals surface area contributed by atoms with Gasteiger partial charge >= 0.3 is 6.09 Å². The monoisotopic (exact) mass is 418 g/mol. The Hall–Kier alpha value is -3.42. The Morgan fingerprint density at radius 2 is 1.90 bits per heavy atom. The van der Waals surface area contributed by atoms with E-state index in [1.165, 1.54) is 4.90 Å². The number of amides is 1. The largest absolute Gasteiger partial charge is 0.465 e. The number of rotatable bonds is 4. The minimum absolute atomic E-state index is 0.0490. The molecule has 5 rings (SSSR count). The van der Waals surface area contributed by atoms with Gasteiger partial charge in [0, 0.05) is 56.4 Å². The van der Waals surface area contributed by atoms with Gasteiger partial charge in [0.2, 0.25) is 0 Å². The fraction of sp³-hybridized carbons (Fsp3) is 0.391. The average molecular weight is 419 g/mol. The van der Waals surface area contributed by atoms with Crippen LogP contribution < -0.4 is 9.80 Å². The molecule has 2 fully saturated rings. The van der Waals surface area contributed by atoms with Crippen LogP contribution in [0.15, 0.2) is 48.8 Å². The van der Waals surface area contributed by atoms with Gasteiger partial charge in [-0.15, -0.1) is 0 Å². The minimum atomic E-state index is -0.893. The maximum atomic E-state index is 11.4. The zero-order valence-electron chi connectivity index (χ0n) is 17.7. The SMILES string of the molecule is CC1C(N(C)C(=O)O)CCN1c1nccnc1C1CN(c2ccc3ccccc3n2)C1. The normalized spacial score (nSPS) is 21.4. The van der Waals surface area contributed by atoms with Crippen molar-refractivity contribution in [2.75, 3.05) is 36.5 Å². The van der Waals surface area contributed by atoms with Crippen molar-refractivity contribution in [2.24, 2.45) is 0 Å². The van der Waals surface area contributed by atoms with E-state index in [4.69, 9.17) is 4.98 Å². The van der Waals surface area contributed by atoms with Crippen LogP contribution in [0.2, 0.25) is 0 Å². The highest BCUT2D eigenvalue weighted by molar-refractivity contribution is 5.80. The molecule has 2 unspecified atom stereocenters. The highest BCUT2D eigenvalue weighted by Crippen LogP contribution is 2.36. The molecule has 4 heterocycles. The number of hydrogen-bond acceptors (Lipinski definition) is 6. The van der Waals surface area contributed by atoms with Crippen LogP contribution in [-0.4, -0.2) is 69.8 Å². The van der Waals surface area contributed by atoms with Crippen molar-refractivity contribution in [3.8, 4) is 0 Å². The molecule has 3 aromatic rings. The maximum Gasteiger partial charge on any atom is 0.407 e. The number of likely N-dealkylation sites (N-methyl/N-ethyl adjacent to an activating group) is 1. The average Bonchev–Trinajstić information content (AvgIpc) is 3.13.